The van der Waals surface area contributed by atoms with Crippen molar-refractivity contribution in [3.63, 3.8) is 0 Å². The van der Waals surface area contributed by atoms with E-state index in [-0.39, 0.29) is 29.8 Å². The number of hydrogen-bond donors (Lipinski definition) is 2. The smallest absolute Gasteiger partial charge is 0.308 e. The molecule has 11 heavy (non-hydrogen) atoms. The fourth-order valence-electron chi connectivity index (χ4n) is 1.30. The summed E-state index contributed by atoms with van der Waals surface area (Å²) in [7, 11) is 0. The molecule has 0 aliphatic heterocycles. The molecule has 0 amide bonds. The molecule has 0 unspecified atom stereocenters. The van der Waals surface area contributed by atoms with Gasteiger partial charge in [0.1, 0.15) is 0 Å². The molecular formula is C6H14ClNO3. The zero-order valence-electron chi connectivity index (χ0n) is 6.12. The molecule has 0 aromatic rings. The van der Waals surface area contributed by atoms with E-state index in [2.05, 4.69) is 0 Å². The molecule has 0 saturated heterocycles. The molecule has 0 heterocycles. The van der Waals surface area contributed by atoms with Crippen LogP contribution < -0.4 is 5.73 Å². The molecule has 1 saturated carbocycles. The van der Waals surface area contributed by atoms with Gasteiger partial charge in [0, 0.05) is 6.04 Å². The number of carboxylic acids is 1. The van der Waals surface area contributed by atoms with Gasteiger partial charge < -0.3 is 16.3 Å². The Kier molecular flexibility index (Phi) is 6.46. The fraction of sp³-hybridized carbons (Fsp3) is 0.833. The van der Waals surface area contributed by atoms with Crippen molar-refractivity contribution in [2.45, 2.75) is 25.3 Å². The first kappa shape index (κ1) is 13.3. The highest BCUT2D eigenvalue weighted by Gasteiger charge is 2.29. The molecule has 0 radical (unpaired) electrons. The van der Waals surface area contributed by atoms with Crippen molar-refractivity contribution in [1.82, 2.24) is 0 Å². The maximum Gasteiger partial charge on any atom is 0.308 e. The van der Waals surface area contributed by atoms with Gasteiger partial charge in [0.2, 0.25) is 0 Å². The number of nitrogens with two attached hydrogens (primary N) is 1. The molecule has 4 nitrogen and oxygen atoms in total. The van der Waals surface area contributed by atoms with E-state index >= 15 is 0 Å². The summed E-state index contributed by atoms with van der Waals surface area (Å²) in [6, 6.07) is -0.0949. The Morgan fingerprint density at radius 2 is 2.00 bits per heavy atom. The minimum Gasteiger partial charge on any atom is -0.481 e. The first-order chi connectivity index (χ1) is 4.22. The predicted octanol–water partition coefficient (Wildman–Crippen LogP) is -0.205. The van der Waals surface area contributed by atoms with Gasteiger partial charge in [-0.25, -0.2) is 0 Å². The Hall–Kier alpha value is -0.320. The van der Waals surface area contributed by atoms with Crippen molar-refractivity contribution in [3.8, 4) is 0 Å². The molecule has 2 atom stereocenters. The second kappa shape index (κ2) is 5.35. The summed E-state index contributed by atoms with van der Waals surface area (Å²) in [5, 5.41) is 8.50. The number of halogens is 1. The van der Waals surface area contributed by atoms with E-state index in [1.54, 1.807) is 0 Å². The number of rotatable bonds is 1. The maximum absolute atomic E-state index is 10.3. The van der Waals surface area contributed by atoms with Crippen molar-refractivity contribution in [3.05, 3.63) is 0 Å². The van der Waals surface area contributed by atoms with E-state index < -0.39 is 5.97 Å². The summed E-state index contributed by atoms with van der Waals surface area (Å²) < 4.78 is 0. The average molecular weight is 184 g/mol. The number of carboxylic acid groups (broad SMARTS) is 1. The van der Waals surface area contributed by atoms with E-state index in [0.29, 0.717) is 0 Å². The van der Waals surface area contributed by atoms with Crippen LogP contribution in [0.25, 0.3) is 0 Å². The quantitative estimate of drug-likeness (QED) is 0.589. The predicted molar refractivity (Wildman–Crippen MR) is 43.8 cm³/mol. The molecule has 0 aromatic heterocycles. The molecule has 0 aromatic carbocycles. The van der Waals surface area contributed by atoms with Gasteiger partial charge in [0.15, 0.2) is 0 Å². The lowest BCUT2D eigenvalue weighted by atomic mass is 10.1. The van der Waals surface area contributed by atoms with E-state index in [9.17, 15) is 4.79 Å². The Bertz CT molecular complexity index is 131. The van der Waals surface area contributed by atoms with Gasteiger partial charge in [0.25, 0.3) is 0 Å². The molecule has 0 spiro atoms. The molecule has 1 aliphatic carbocycles. The van der Waals surface area contributed by atoms with Crippen molar-refractivity contribution >= 4 is 18.4 Å². The highest BCUT2D eigenvalue weighted by atomic mass is 35.5. The molecule has 1 aliphatic rings. The van der Waals surface area contributed by atoms with Crippen molar-refractivity contribution in [1.29, 1.82) is 0 Å². The molecular weight excluding hydrogens is 170 g/mol. The SMILES string of the molecule is Cl.N[C@@H]1CCC[C@@H]1C(=O)O.O. The van der Waals surface area contributed by atoms with E-state index in [0.717, 1.165) is 19.3 Å². The van der Waals surface area contributed by atoms with Gasteiger partial charge in [0.05, 0.1) is 5.92 Å². The zero-order chi connectivity index (χ0) is 6.85. The number of carbonyl (C=O) groups is 1. The van der Waals surface area contributed by atoms with Gasteiger partial charge in [-0.05, 0) is 12.8 Å². The van der Waals surface area contributed by atoms with Crippen molar-refractivity contribution in [2.75, 3.05) is 0 Å². The zero-order valence-corrected chi connectivity index (χ0v) is 6.93. The standard InChI is InChI=1S/C6H11NO2.ClH.H2O/c7-5-3-1-2-4(5)6(8)9;;/h4-5H,1-3,7H2,(H,8,9);1H;1H2/t4-,5+;;/m0../s1. The Labute approximate surface area is 71.5 Å². The normalized spacial score (nSPS) is 28.5. The highest BCUT2D eigenvalue weighted by Crippen LogP contribution is 2.23. The lowest BCUT2D eigenvalue weighted by Crippen LogP contribution is -2.30. The second-order valence-corrected chi connectivity index (χ2v) is 2.54. The lowest BCUT2D eigenvalue weighted by molar-refractivity contribution is -0.141. The molecule has 5 heteroatoms. The molecule has 0 bridgehead atoms. The van der Waals surface area contributed by atoms with Crippen LogP contribution in [0.15, 0.2) is 0 Å². The van der Waals surface area contributed by atoms with Crippen LogP contribution in [-0.2, 0) is 4.79 Å². The van der Waals surface area contributed by atoms with Crippen LogP contribution >= 0.6 is 12.4 Å². The van der Waals surface area contributed by atoms with Gasteiger partial charge in [-0.15, -0.1) is 12.4 Å². The molecule has 5 N–H and O–H groups in total. The van der Waals surface area contributed by atoms with Gasteiger partial charge in [-0.1, -0.05) is 6.42 Å². The third kappa shape index (κ3) is 3.05. The largest absolute Gasteiger partial charge is 0.481 e. The lowest BCUT2D eigenvalue weighted by Gasteiger charge is -2.07. The summed E-state index contributed by atoms with van der Waals surface area (Å²) in [4.78, 5) is 10.3. The first-order valence-corrected chi connectivity index (χ1v) is 3.20. The average Bonchev–Trinajstić information content (AvgIpc) is 2.13. The fourth-order valence-corrected chi connectivity index (χ4v) is 1.30. The Morgan fingerprint density at radius 3 is 2.18 bits per heavy atom. The van der Waals surface area contributed by atoms with Crippen LogP contribution in [0.3, 0.4) is 0 Å². The number of hydrogen-bond acceptors (Lipinski definition) is 2. The van der Waals surface area contributed by atoms with E-state index in [4.69, 9.17) is 10.8 Å². The minimum atomic E-state index is -0.736. The van der Waals surface area contributed by atoms with Crippen molar-refractivity contribution < 1.29 is 15.4 Å². The molecule has 1 fully saturated rings. The van der Waals surface area contributed by atoms with Crippen molar-refractivity contribution in [2.24, 2.45) is 11.7 Å². The topological polar surface area (TPSA) is 94.8 Å². The third-order valence-electron chi connectivity index (χ3n) is 1.89. The Balaban J connectivity index is 0. The summed E-state index contributed by atoms with van der Waals surface area (Å²) in [6.07, 6.45) is 2.60. The summed E-state index contributed by atoms with van der Waals surface area (Å²) in [6.45, 7) is 0. The highest BCUT2D eigenvalue weighted by molar-refractivity contribution is 5.85. The third-order valence-corrected chi connectivity index (χ3v) is 1.89. The van der Waals surface area contributed by atoms with E-state index in [1.165, 1.54) is 0 Å². The molecule has 1 rings (SSSR count). The monoisotopic (exact) mass is 183 g/mol. The Morgan fingerprint density at radius 1 is 1.45 bits per heavy atom. The van der Waals surface area contributed by atoms with Crippen LogP contribution in [0.2, 0.25) is 0 Å². The number of aliphatic carboxylic acids is 1. The van der Waals surface area contributed by atoms with Gasteiger partial charge >= 0.3 is 5.97 Å². The first-order valence-electron chi connectivity index (χ1n) is 3.20. The van der Waals surface area contributed by atoms with Crippen LogP contribution in [0.4, 0.5) is 0 Å². The van der Waals surface area contributed by atoms with Crippen LogP contribution in [0, 0.1) is 5.92 Å². The summed E-state index contributed by atoms with van der Waals surface area (Å²) >= 11 is 0. The molecule has 68 valence electrons. The summed E-state index contributed by atoms with van der Waals surface area (Å²) in [5.74, 6) is -1.01. The summed E-state index contributed by atoms with van der Waals surface area (Å²) in [5.41, 5.74) is 5.50. The van der Waals surface area contributed by atoms with Gasteiger partial charge in [-0.2, -0.15) is 0 Å². The minimum absolute atomic E-state index is 0. The van der Waals surface area contributed by atoms with Gasteiger partial charge in [-0.3, -0.25) is 4.79 Å². The van der Waals surface area contributed by atoms with Crippen LogP contribution in [0.1, 0.15) is 19.3 Å². The maximum atomic E-state index is 10.3. The second-order valence-electron chi connectivity index (χ2n) is 2.54. The van der Waals surface area contributed by atoms with Crippen LogP contribution in [-0.4, -0.2) is 22.6 Å². The van der Waals surface area contributed by atoms with Crippen LogP contribution in [0.5, 0.6) is 0 Å². The van der Waals surface area contributed by atoms with E-state index in [1.807, 2.05) is 0 Å².